The first-order chi connectivity index (χ1) is 8.29. The normalized spacial score (nSPS) is 10.0. The quantitative estimate of drug-likeness (QED) is 0.870. The first-order valence-corrected chi connectivity index (χ1v) is 5.50. The lowest BCUT2D eigenvalue weighted by Crippen LogP contribution is -2.05. The zero-order chi connectivity index (χ0) is 12.1. The van der Waals surface area contributed by atoms with Crippen LogP contribution in [0.1, 0.15) is 5.56 Å². The molecule has 0 aliphatic rings. The standard InChI is InChI=1S/C11H12ClN5/c1-13-11-16-7-9(12)10(17-11)15-6-8-3-2-4-14-5-8/h2-5,7H,6H2,1H3,(H2,13,15,16,17). The highest BCUT2D eigenvalue weighted by Crippen LogP contribution is 2.19. The highest BCUT2D eigenvalue weighted by Gasteiger charge is 2.04. The molecule has 0 aliphatic heterocycles. The second-order valence-electron chi connectivity index (χ2n) is 3.35. The van der Waals surface area contributed by atoms with Gasteiger partial charge in [-0.15, -0.1) is 0 Å². The van der Waals surface area contributed by atoms with Crippen molar-refractivity contribution in [1.82, 2.24) is 15.0 Å². The molecule has 0 amide bonds. The fourth-order valence-electron chi connectivity index (χ4n) is 1.30. The summed E-state index contributed by atoms with van der Waals surface area (Å²) in [6.45, 7) is 0.619. The fraction of sp³-hybridized carbons (Fsp3) is 0.182. The molecule has 88 valence electrons. The van der Waals surface area contributed by atoms with Gasteiger partial charge in [0.05, 0.1) is 6.20 Å². The molecule has 5 nitrogen and oxygen atoms in total. The number of nitrogens with zero attached hydrogens (tertiary/aromatic N) is 3. The molecule has 0 atom stereocenters. The van der Waals surface area contributed by atoms with Crippen molar-refractivity contribution in [2.45, 2.75) is 6.54 Å². The summed E-state index contributed by atoms with van der Waals surface area (Å²) in [5, 5.41) is 6.49. The average Bonchev–Trinajstić information content (AvgIpc) is 2.39. The Labute approximate surface area is 104 Å². The van der Waals surface area contributed by atoms with Crippen LogP contribution in [-0.4, -0.2) is 22.0 Å². The number of pyridine rings is 1. The molecule has 0 bridgehead atoms. The molecule has 2 aromatic rings. The number of rotatable bonds is 4. The zero-order valence-electron chi connectivity index (χ0n) is 9.31. The van der Waals surface area contributed by atoms with E-state index in [1.165, 1.54) is 0 Å². The van der Waals surface area contributed by atoms with Crippen LogP contribution < -0.4 is 10.6 Å². The van der Waals surface area contributed by atoms with Gasteiger partial charge in [-0.2, -0.15) is 4.98 Å². The Balaban J connectivity index is 2.08. The van der Waals surface area contributed by atoms with Gasteiger partial charge < -0.3 is 10.6 Å². The summed E-state index contributed by atoms with van der Waals surface area (Å²) >= 11 is 5.99. The van der Waals surface area contributed by atoms with Crippen molar-refractivity contribution in [3.8, 4) is 0 Å². The molecule has 0 saturated heterocycles. The van der Waals surface area contributed by atoms with Crippen LogP contribution in [0.15, 0.2) is 30.7 Å². The molecule has 2 rings (SSSR count). The van der Waals surface area contributed by atoms with Gasteiger partial charge in [-0.25, -0.2) is 4.98 Å². The van der Waals surface area contributed by atoms with Gasteiger partial charge in [0.25, 0.3) is 0 Å². The lowest BCUT2D eigenvalue weighted by Gasteiger charge is -2.08. The van der Waals surface area contributed by atoms with Crippen LogP contribution in [0.4, 0.5) is 11.8 Å². The molecular weight excluding hydrogens is 238 g/mol. The van der Waals surface area contributed by atoms with E-state index in [0.717, 1.165) is 5.56 Å². The molecule has 6 heteroatoms. The molecule has 17 heavy (non-hydrogen) atoms. The van der Waals surface area contributed by atoms with Crippen molar-refractivity contribution in [1.29, 1.82) is 0 Å². The number of anilines is 2. The number of nitrogens with one attached hydrogen (secondary N) is 2. The average molecular weight is 250 g/mol. The Morgan fingerprint density at radius 2 is 2.24 bits per heavy atom. The molecule has 0 saturated carbocycles. The maximum atomic E-state index is 5.99. The Morgan fingerprint density at radius 3 is 2.94 bits per heavy atom. The van der Waals surface area contributed by atoms with E-state index in [0.29, 0.717) is 23.3 Å². The maximum Gasteiger partial charge on any atom is 0.224 e. The van der Waals surface area contributed by atoms with Gasteiger partial charge in [-0.05, 0) is 11.6 Å². The first-order valence-electron chi connectivity index (χ1n) is 5.12. The minimum atomic E-state index is 0.493. The van der Waals surface area contributed by atoms with Crippen LogP contribution in [-0.2, 0) is 6.54 Å². The van der Waals surface area contributed by atoms with E-state index in [1.54, 1.807) is 25.6 Å². The molecule has 0 spiro atoms. The van der Waals surface area contributed by atoms with Gasteiger partial charge in [0.1, 0.15) is 5.02 Å². The number of hydrogen-bond acceptors (Lipinski definition) is 5. The molecule has 0 aliphatic carbocycles. The summed E-state index contributed by atoms with van der Waals surface area (Å²) < 4.78 is 0. The SMILES string of the molecule is CNc1ncc(Cl)c(NCc2cccnc2)n1. The third kappa shape index (κ3) is 3.04. The highest BCUT2D eigenvalue weighted by molar-refractivity contribution is 6.32. The number of hydrogen-bond donors (Lipinski definition) is 2. The Kier molecular flexibility index (Phi) is 3.72. The maximum absolute atomic E-state index is 5.99. The van der Waals surface area contributed by atoms with E-state index in [2.05, 4.69) is 25.6 Å². The summed E-state index contributed by atoms with van der Waals surface area (Å²) in [4.78, 5) is 12.3. The van der Waals surface area contributed by atoms with Gasteiger partial charge in [-0.1, -0.05) is 17.7 Å². The first kappa shape index (κ1) is 11.6. The molecule has 0 aromatic carbocycles. The summed E-state index contributed by atoms with van der Waals surface area (Å²) in [6, 6.07) is 3.87. The summed E-state index contributed by atoms with van der Waals surface area (Å²) in [5.41, 5.74) is 1.06. The highest BCUT2D eigenvalue weighted by atomic mass is 35.5. The second-order valence-corrected chi connectivity index (χ2v) is 3.76. The van der Waals surface area contributed by atoms with Crippen molar-refractivity contribution < 1.29 is 0 Å². The predicted octanol–water partition coefficient (Wildman–Crippen LogP) is 2.18. The van der Waals surface area contributed by atoms with E-state index in [9.17, 15) is 0 Å². The Bertz CT molecular complexity index is 488. The van der Waals surface area contributed by atoms with Crippen molar-refractivity contribution in [3.05, 3.63) is 41.3 Å². The van der Waals surface area contributed by atoms with Gasteiger partial charge in [-0.3, -0.25) is 4.98 Å². The van der Waals surface area contributed by atoms with Crippen molar-refractivity contribution >= 4 is 23.4 Å². The van der Waals surface area contributed by atoms with Crippen LogP contribution in [0, 0.1) is 0 Å². The molecule has 2 heterocycles. The van der Waals surface area contributed by atoms with Crippen LogP contribution in [0.2, 0.25) is 5.02 Å². The minimum absolute atomic E-state index is 0.493. The summed E-state index contributed by atoms with van der Waals surface area (Å²) in [5.74, 6) is 1.14. The largest absolute Gasteiger partial charge is 0.365 e. The van der Waals surface area contributed by atoms with E-state index in [4.69, 9.17) is 11.6 Å². The van der Waals surface area contributed by atoms with Crippen LogP contribution in [0.25, 0.3) is 0 Å². The molecular formula is C11H12ClN5. The smallest absolute Gasteiger partial charge is 0.224 e. The second kappa shape index (κ2) is 5.45. The van der Waals surface area contributed by atoms with Gasteiger partial charge in [0.2, 0.25) is 5.95 Å². The number of aromatic nitrogens is 3. The predicted molar refractivity (Wildman–Crippen MR) is 68.2 cm³/mol. The van der Waals surface area contributed by atoms with Crippen molar-refractivity contribution in [2.24, 2.45) is 0 Å². The van der Waals surface area contributed by atoms with Crippen molar-refractivity contribution in [3.63, 3.8) is 0 Å². The van der Waals surface area contributed by atoms with Crippen molar-refractivity contribution in [2.75, 3.05) is 17.7 Å². The van der Waals surface area contributed by atoms with E-state index >= 15 is 0 Å². The molecule has 0 unspecified atom stereocenters. The third-order valence-corrected chi connectivity index (χ3v) is 2.43. The monoisotopic (exact) mass is 249 g/mol. The van der Waals surface area contributed by atoms with Crippen LogP contribution >= 0.6 is 11.6 Å². The fourth-order valence-corrected chi connectivity index (χ4v) is 1.46. The molecule has 0 radical (unpaired) electrons. The summed E-state index contributed by atoms with van der Waals surface area (Å²) in [6.07, 6.45) is 5.09. The molecule has 2 N–H and O–H groups in total. The van der Waals surface area contributed by atoms with Crippen LogP contribution in [0.3, 0.4) is 0 Å². The topological polar surface area (TPSA) is 62.7 Å². The molecule has 2 aromatic heterocycles. The van der Waals surface area contributed by atoms with Gasteiger partial charge >= 0.3 is 0 Å². The zero-order valence-corrected chi connectivity index (χ0v) is 10.1. The summed E-state index contributed by atoms with van der Waals surface area (Å²) in [7, 11) is 1.76. The van der Waals surface area contributed by atoms with E-state index in [-0.39, 0.29) is 0 Å². The third-order valence-electron chi connectivity index (χ3n) is 2.15. The van der Waals surface area contributed by atoms with Gasteiger partial charge in [0, 0.05) is 26.0 Å². The Morgan fingerprint density at radius 1 is 1.35 bits per heavy atom. The Hall–Kier alpha value is -1.88. The minimum Gasteiger partial charge on any atom is -0.365 e. The molecule has 0 fully saturated rings. The lowest BCUT2D eigenvalue weighted by molar-refractivity contribution is 1.06. The lowest BCUT2D eigenvalue weighted by atomic mass is 10.3. The van der Waals surface area contributed by atoms with Crippen LogP contribution in [0.5, 0.6) is 0 Å². The van der Waals surface area contributed by atoms with Gasteiger partial charge in [0.15, 0.2) is 5.82 Å². The number of halogens is 1. The van der Waals surface area contributed by atoms with E-state index < -0.39 is 0 Å². The van der Waals surface area contributed by atoms with E-state index in [1.807, 2.05) is 12.1 Å².